The average molecular weight is 629 g/mol. The summed E-state index contributed by atoms with van der Waals surface area (Å²) in [6.45, 7) is 4.12. The fraction of sp³-hybridized carbons (Fsp3) is 0.385. The smallest absolute Gasteiger partial charge is 0.344 e. The molecule has 1 rings (SSSR count). The third kappa shape index (κ3) is 4.81. The van der Waals surface area contributed by atoms with E-state index in [9.17, 15) is 9.59 Å². The lowest BCUT2D eigenvalue weighted by Crippen LogP contribution is -2.28. The highest BCUT2D eigenvalue weighted by Gasteiger charge is 2.24. The van der Waals surface area contributed by atoms with Gasteiger partial charge in [0.25, 0.3) is 5.91 Å². The second kappa shape index (κ2) is 8.70. The van der Waals surface area contributed by atoms with Gasteiger partial charge in [-0.1, -0.05) is 6.92 Å². The largest absolute Gasteiger partial charge is 0.479 e. The number of amides is 1. The van der Waals surface area contributed by atoms with Crippen LogP contribution < -0.4 is 10.1 Å². The van der Waals surface area contributed by atoms with E-state index in [1.807, 2.05) is 35.6 Å². The molecule has 0 saturated carbocycles. The van der Waals surface area contributed by atoms with Gasteiger partial charge in [0.05, 0.1) is 12.7 Å². The van der Waals surface area contributed by atoms with E-state index < -0.39 is 12.1 Å². The number of carboxylic acid groups (broad SMARTS) is 1. The first kappa shape index (κ1) is 19.2. The summed E-state index contributed by atoms with van der Waals surface area (Å²) >= 11 is 6.22. The van der Waals surface area contributed by atoms with Crippen LogP contribution in [0, 0.1) is 10.7 Å². The van der Waals surface area contributed by atoms with Gasteiger partial charge in [0, 0.05) is 10.1 Å². The third-order valence-corrected chi connectivity index (χ3v) is 5.28. The van der Waals surface area contributed by atoms with Crippen LogP contribution in [0.25, 0.3) is 0 Å². The van der Waals surface area contributed by atoms with Crippen molar-refractivity contribution in [2.24, 2.45) is 0 Å². The molecule has 0 aliphatic heterocycles. The Hall–Kier alpha value is 0.150. The van der Waals surface area contributed by atoms with Gasteiger partial charge in [-0.2, -0.15) is 0 Å². The van der Waals surface area contributed by atoms with Crippen LogP contribution in [-0.2, 0) is 4.79 Å². The van der Waals surface area contributed by atoms with Crippen molar-refractivity contribution >= 4 is 79.6 Å². The van der Waals surface area contributed by atoms with E-state index >= 15 is 0 Å². The van der Waals surface area contributed by atoms with E-state index in [1.165, 1.54) is 0 Å². The fourth-order valence-corrected chi connectivity index (χ4v) is 5.70. The maximum atomic E-state index is 12.1. The van der Waals surface area contributed by atoms with Crippen molar-refractivity contribution in [3.63, 3.8) is 0 Å². The molecule has 8 heteroatoms. The summed E-state index contributed by atoms with van der Waals surface area (Å²) in [6, 6.07) is 1.82. The monoisotopic (exact) mass is 629 g/mol. The Kier molecular flexibility index (Phi) is 7.95. The molecule has 0 heterocycles. The minimum atomic E-state index is -1.01. The zero-order valence-electron chi connectivity index (χ0n) is 11.4. The number of ether oxygens (including phenoxy) is 1. The molecular formula is C13H14I3NO4. The van der Waals surface area contributed by atoms with Gasteiger partial charge in [-0.15, -0.1) is 0 Å². The van der Waals surface area contributed by atoms with Crippen LogP contribution >= 0.6 is 67.8 Å². The van der Waals surface area contributed by atoms with Crippen molar-refractivity contribution in [2.75, 3.05) is 6.54 Å². The first-order chi connectivity index (χ1) is 9.83. The Morgan fingerprint density at radius 3 is 2.38 bits per heavy atom. The Bertz CT molecular complexity index is 563. The van der Waals surface area contributed by atoms with Crippen molar-refractivity contribution in [2.45, 2.75) is 26.4 Å². The number of halogens is 3. The van der Waals surface area contributed by atoms with Crippen LogP contribution in [0.3, 0.4) is 0 Å². The second-order valence-corrected chi connectivity index (χ2v) is 7.47. The summed E-state index contributed by atoms with van der Waals surface area (Å²) < 4.78 is 7.84. The summed E-state index contributed by atoms with van der Waals surface area (Å²) in [5.74, 6) is -0.745. The van der Waals surface area contributed by atoms with E-state index in [0.717, 1.165) is 7.14 Å². The molecule has 1 amide bonds. The molecule has 1 unspecified atom stereocenters. The highest BCUT2D eigenvalue weighted by atomic mass is 127. The van der Waals surface area contributed by atoms with Gasteiger partial charge >= 0.3 is 5.97 Å². The zero-order valence-corrected chi connectivity index (χ0v) is 17.8. The molecule has 1 aromatic rings. The molecule has 0 aliphatic carbocycles. The Labute approximate surface area is 164 Å². The van der Waals surface area contributed by atoms with E-state index in [4.69, 9.17) is 9.84 Å². The third-order valence-electron chi connectivity index (χ3n) is 2.60. The molecule has 5 nitrogen and oxygen atoms in total. The fourth-order valence-electron chi connectivity index (χ4n) is 1.59. The summed E-state index contributed by atoms with van der Waals surface area (Å²) in [7, 11) is 0. The molecule has 0 aliphatic rings. The van der Waals surface area contributed by atoms with Crippen LogP contribution in [0.15, 0.2) is 6.07 Å². The average Bonchev–Trinajstić information content (AvgIpc) is 2.38. The Balaban J connectivity index is 3.30. The number of nitrogens with one attached hydrogen (secondary N) is 1. The lowest BCUT2D eigenvalue weighted by atomic mass is 10.2. The molecule has 116 valence electrons. The molecule has 1 atom stereocenters. The van der Waals surface area contributed by atoms with Crippen molar-refractivity contribution < 1.29 is 19.4 Å². The number of carboxylic acids is 1. The molecule has 0 saturated heterocycles. The molecule has 0 radical (unpaired) electrons. The van der Waals surface area contributed by atoms with Gasteiger partial charge in [-0.25, -0.2) is 4.79 Å². The number of hydrogen-bond acceptors (Lipinski definition) is 3. The quantitative estimate of drug-likeness (QED) is 0.474. The predicted octanol–water partition coefficient (Wildman–Crippen LogP) is 3.49. The standard InChI is InChI=1S/C13H14I3NO4/c1-3-8(13(19)20)21-11-7(15)5-6(14)9(10(11)16)12(18)17-4-2/h5,8H,3-4H2,1-2H3,(H,17,18)(H,19,20). The van der Waals surface area contributed by atoms with Gasteiger partial charge in [0.2, 0.25) is 0 Å². The molecule has 0 bridgehead atoms. The van der Waals surface area contributed by atoms with Gasteiger partial charge in [-0.3, -0.25) is 4.79 Å². The minimum Gasteiger partial charge on any atom is -0.479 e. The molecule has 0 fully saturated rings. The van der Waals surface area contributed by atoms with Gasteiger partial charge < -0.3 is 15.2 Å². The highest BCUT2D eigenvalue weighted by Crippen LogP contribution is 2.34. The minimum absolute atomic E-state index is 0.184. The summed E-state index contributed by atoms with van der Waals surface area (Å²) in [6.07, 6.45) is -0.571. The number of rotatable bonds is 6. The maximum absolute atomic E-state index is 12.1. The van der Waals surface area contributed by atoms with Gasteiger partial charge in [0.1, 0.15) is 5.75 Å². The SMILES string of the molecule is CCNC(=O)c1c(I)cc(I)c(OC(CC)C(=O)O)c1I. The van der Waals surface area contributed by atoms with Crippen LogP contribution in [0.4, 0.5) is 0 Å². The van der Waals surface area contributed by atoms with E-state index in [1.54, 1.807) is 6.92 Å². The first-order valence-corrected chi connectivity index (χ1v) is 9.42. The van der Waals surface area contributed by atoms with E-state index in [0.29, 0.717) is 27.8 Å². The number of carbonyl (C=O) groups is 2. The van der Waals surface area contributed by atoms with Gasteiger partial charge in [-0.05, 0) is 87.2 Å². The molecular weight excluding hydrogens is 615 g/mol. The summed E-state index contributed by atoms with van der Waals surface area (Å²) in [5, 5.41) is 11.9. The maximum Gasteiger partial charge on any atom is 0.344 e. The van der Waals surface area contributed by atoms with Crippen molar-refractivity contribution in [3.05, 3.63) is 22.3 Å². The summed E-state index contributed by atoms with van der Waals surface area (Å²) in [5.41, 5.74) is 0.522. The molecule has 0 aromatic heterocycles. The van der Waals surface area contributed by atoms with E-state index in [-0.39, 0.29) is 5.91 Å². The van der Waals surface area contributed by atoms with Crippen LogP contribution in [0.1, 0.15) is 30.6 Å². The van der Waals surface area contributed by atoms with Crippen molar-refractivity contribution in [3.8, 4) is 5.75 Å². The van der Waals surface area contributed by atoms with Crippen LogP contribution in [-0.4, -0.2) is 29.6 Å². The van der Waals surface area contributed by atoms with E-state index in [2.05, 4.69) is 50.5 Å². The zero-order chi connectivity index (χ0) is 16.2. The number of hydrogen-bond donors (Lipinski definition) is 2. The second-order valence-electron chi connectivity index (χ2n) is 4.07. The highest BCUT2D eigenvalue weighted by molar-refractivity contribution is 14.1. The van der Waals surface area contributed by atoms with Gasteiger partial charge in [0.15, 0.2) is 6.10 Å². The molecule has 0 spiro atoms. The van der Waals surface area contributed by atoms with Crippen LogP contribution in [0.5, 0.6) is 5.75 Å². The number of aliphatic carboxylic acids is 1. The van der Waals surface area contributed by atoms with Crippen molar-refractivity contribution in [1.82, 2.24) is 5.32 Å². The lowest BCUT2D eigenvalue weighted by Gasteiger charge is -2.18. The normalized spacial score (nSPS) is 11.9. The topological polar surface area (TPSA) is 75.6 Å². The van der Waals surface area contributed by atoms with Crippen LogP contribution in [0.2, 0.25) is 0 Å². The Morgan fingerprint density at radius 1 is 1.29 bits per heavy atom. The Morgan fingerprint density at radius 2 is 1.90 bits per heavy atom. The predicted molar refractivity (Wildman–Crippen MR) is 105 cm³/mol. The number of carbonyl (C=O) groups excluding carboxylic acids is 1. The van der Waals surface area contributed by atoms with Crippen molar-refractivity contribution in [1.29, 1.82) is 0 Å². The first-order valence-electron chi connectivity index (χ1n) is 6.18. The molecule has 2 N–H and O–H groups in total. The molecule has 21 heavy (non-hydrogen) atoms. The number of benzene rings is 1. The summed E-state index contributed by atoms with van der Waals surface area (Å²) in [4.78, 5) is 23.3. The lowest BCUT2D eigenvalue weighted by molar-refractivity contribution is -0.145. The molecule has 1 aromatic carbocycles.